The molecule has 0 unspecified atom stereocenters. The summed E-state index contributed by atoms with van der Waals surface area (Å²) in [4.78, 5) is 22.0. The van der Waals surface area contributed by atoms with Crippen LogP contribution in [0.5, 0.6) is 0 Å². The van der Waals surface area contributed by atoms with Crippen molar-refractivity contribution in [2.45, 2.75) is 0 Å². The third-order valence-electron chi connectivity index (χ3n) is 2.59. The van der Waals surface area contributed by atoms with Crippen LogP contribution in [0, 0.1) is 15.9 Å². The normalized spacial score (nSPS) is 10.2. The quantitative estimate of drug-likeness (QED) is 0.397. The van der Waals surface area contributed by atoms with Crippen LogP contribution in [0.15, 0.2) is 42.5 Å². The van der Waals surface area contributed by atoms with Crippen LogP contribution in [0.25, 0.3) is 0 Å². The molecular weight excluding hydrogens is 251 g/mol. The van der Waals surface area contributed by atoms with E-state index in [2.05, 4.69) is 0 Å². The van der Waals surface area contributed by atoms with Gasteiger partial charge in [-0.2, -0.15) is 0 Å². The fraction of sp³-hybridized carbons (Fsp3) is 0. The molecule has 0 fully saturated rings. The highest BCUT2D eigenvalue weighted by atomic mass is 19.1. The third-order valence-corrected chi connectivity index (χ3v) is 2.59. The van der Waals surface area contributed by atoms with Crippen molar-refractivity contribution in [1.29, 1.82) is 0 Å². The Morgan fingerprint density at radius 2 is 1.68 bits per heavy atom. The summed E-state index contributed by atoms with van der Waals surface area (Å²) in [5.74, 6) is -0.818. The molecule has 2 N–H and O–H groups in total. The lowest BCUT2D eigenvalue weighted by Gasteiger charge is -2.03. The van der Waals surface area contributed by atoms with E-state index in [0.717, 1.165) is 0 Å². The number of hydrogen-bond donors (Lipinski definition) is 1. The third kappa shape index (κ3) is 2.57. The van der Waals surface area contributed by atoms with E-state index in [4.69, 9.17) is 5.73 Å². The molecule has 0 heterocycles. The number of nitrogens with two attached hydrogens (primary N) is 1. The molecule has 2 aromatic carbocycles. The van der Waals surface area contributed by atoms with Crippen molar-refractivity contribution >= 4 is 17.2 Å². The van der Waals surface area contributed by atoms with Crippen LogP contribution in [-0.2, 0) is 0 Å². The first-order valence-electron chi connectivity index (χ1n) is 5.33. The Kier molecular flexibility index (Phi) is 3.24. The zero-order chi connectivity index (χ0) is 14.0. The molecule has 0 aliphatic rings. The summed E-state index contributed by atoms with van der Waals surface area (Å²) < 4.78 is 12.8. The molecule has 0 spiro atoms. The lowest BCUT2D eigenvalue weighted by atomic mass is 10.0. The van der Waals surface area contributed by atoms with Crippen LogP contribution < -0.4 is 5.73 Å². The highest BCUT2D eigenvalue weighted by molar-refractivity contribution is 6.09. The maximum absolute atomic E-state index is 12.8. The number of carbonyl (C=O) groups is 1. The van der Waals surface area contributed by atoms with Crippen molar-refractivity contribution in [2.24, 2.45) is 0 Å². The van der Waals surface area contributed by atoms with Crippen LogP contribution in [0.4, 0.5) is 15.8 Å². The predicted molar refractivity (Wildman–Crippen MR) is 67.3 cm³/mol. The van der Waals surface area contributed by atoms with E-state index < -0.39 is 10.7 Å². The molecule has 2 aromatic rings. The fourth-order valence-electron chi connectivity index (χ4n) is 1.63. The van der Waals surface area contributed by atoms with Crippen LogP contribution in [0.1, 0.15) is 15.9 Å². The summed E-state index contributed by atoms with van der Waals surface area (Å²) in [6, 6.07) is 8.75. The number of nitro groups is 1. The van der Waals surface area contributed by atoms with Crippen molar-refractivity contribution in [1.82, 2.24) is 0 Å². The molecular formula is C13H9FN2O3. The summed E-state index contributed by atoms with van der Waals surface area (Å²) in [5, 5.41) is 10.6. The van der Waals surface area contributed by atoms with E-state index in [1.165, 1.54) is 42.5 Å². The second kappa shape index (κ2) is 4.85. The van der Waals surface area contributed by atoms with Gasteiger partial charge in [-0.25, -0.2) is 4.39 Å². The number of rotatable bonds is 3. The average Bonchev–Trinajstić information content (AvgIpc) is 2.38. The highest BCUT2D eigenvalue weighted by Crippen LogP contribution is 2.23. The minimum atomic E-state index is -0.624. The molecule has 0 radical (unpaired) electrons. The smallest absolute Gasteiger partial charge is 0.292 e. The Morgan fingerprint density at radius 3 is 2.21 bits per heavy atom. The Labute approximate surface area is 107 Å². The summed E-state index contributed by atoms with van der Waals surface area (Å²) in [6.45, 7) is 0. The number of halogens is 1. The maximum Gasteiger partial charge on any atom is 0.292 e. The number of anilines is 1. The molecule has 0 aliphatic carbocycles. The van der Waals surface area contributed by atoms with Crippen molar-refractivity contribution in [3.63, 3.8) is 0 Å². The monoisotopic (exact) mass is 260 g/mol. The molecule has 96 valence electrons. The molecule has 0 saturated heterocycles. The second-order valence-corrected chi connectivity index (χ2v) is 3.87. The number of carbonyl (C=O) groups excluding carboxylic acids is 1. The predicted octanol–water partition coefficient (Wildman–Crippen LogP) is 2.55. The fourth-order valence-corrected chi connectivity index (χ4v) is 1.63. The molecule has 5 nitrogen and oxygen atoms in total. The number of nitrogens with zero attached hydrogens (tertiary/aromatic N) is 1. The van der Waals surface area contributed by atoms with E-state index in [-0.39, 0.29) is 28.3 Å². The first-order valence-corrected chi connectivity index (χ1v) is 5.33. The van der Waals surface area contributed by atoms with Gasteiger partial charge in [0.1, 0.15) is 11.5 Å². The molecule has 0 atom stereocenters. The number of nitrogen functional groups attached to an aromatic ring is 1. The van der Waals surface area contributed by atoms with E-state index in [0.29, 0.717) is 0 Å². The molecule has 19 heavy (non-hydrogen) atoms. The van der Waals surface area contributed by atoms with Gasteiger partial charge in [-0.1, -0.05) is 0 Å². The van der Waals surface area contributed by atoms with Gasteiger partial charge < -0.3 is 5.73 Å². The largest absolute Gasteiger partial charge is 0.393 e. The Bertz CT molecular complexity index is 653. The zero-order valence-electron chi connectivity index (χ0n) is 9.67. The minimum Gasteiger partial charge on any atom is -0.393 e. The summed E-state index contributed by atoms with van der Waals surface area (Å²) >= 11 is 0. The van der Waals surface area contributed by atoms with Crippen molar-refractivity contribution in [3.05, 3.63) is 69.5 Å². The lowest BCUT2D eigenvalue weighted by molar-refractivity contribution is -0.383. The average molecular weight is 260 g/mol. The van der Waals surface area contributed by atoms with Gasteiger partial charge in [0, 0.05) is 17.2 Å². The molecule has 0 aromatic heterocycles. The molecule has 0 amide bonds. The Hall–Kier alpha value is -2.76. The maximum atomic E-state index is 12.8. The number of nitro benzene ring substituents is 1. The Morgan fingerprint density at radius 1 is 1.11 bits per heavy atom. The van der Waals surface area contributed by atoms with E-state index in [9.17, 15) is 19.3 Å². The Balaban J connectivity index is 2.37. The van der Waals surface area contributed by atoms with Gasteiger partial charge in [0.15, 0.2) is 5.78 Å². The van der Waals surface area contributed by atoms with Crippen molar-refractivity contribution < 1.29 is 14.1 Å². The molecule has 0 bridgehead atoms. The van der Waals surface area contributed by atoms with Gasteiger partial charge in [0.05, 0.1) is 4.92 Å². The minimum absolute atomic E-state index is 0.0852. The molecule has 0 aliphatic heterocycles. The van der Waals surface area contributed by atoms with Gasteiger partial charge >= 0.3 is 0 Å². The van der Waals surface area contributed by atoms with Crippen LogP contribution in [-0.4, -0.2) is 10.7 Å². The first kappa shape index (κ1) is 12.7. The van der Waals surface area contributed by atoms with Crippen LogP contribution in [0.2, 0.25) is 0 Å². The number of hydrogen-bond acceptors (Lipinski definition) is 4. The molecule has 6 heteroatoms. The standard InChI is InChI=1S/C13H9FN2O3/c14-10-4-1-8(2-5-10)13(17)9-3-6-12(16(18)19)11(15)7-9/h1-7H,15H2. The van der Waals surface area contributed by atoms with E-state index in [1.807, 2.05) is 0 Å². The van der Waals surface area contributed by atoms with Gasteiger partial charge in [0.25, 0.3) is 5.69 Å². The SMILES string of the molecule is Nc1cc(C(=O)c2ccc(F)cc2)ccc1[N+](=O)[O-]. The molecule has 0 saturated carbocycles. The van der Waals surface area contributed by atoms with Crippen molar-refractivity contribution in [2.75, 3.05) is 5.73 Å². The van der Waals surface area contributed by atoms with Crippen molar-refractivity contribution in [3.8, 4) is 0 Å². The lowest BCUT2D eigenvalue weighted by Crippen LogP contribution is -2.04. The van der Waals surface area contributed by atoms with E-state index >= 15 is 0 Å². The van der Waals surface area contributed by atoms with Crippen LogP contribution >= 0.6 is 0 Å². The number of ketones is 1. The van der Waals surface area contributed by atoms with Crippen LogP contribution in [0.3, 0.4) is 0 Å². The topological polar surface area (TPSA) is 86.2 Å². The molecule has 2 rings (SSSR count). The van der Waals surface area contributed by atoms with Gasteiger partial charge in [-0.3, -0.25) is 14.9 Å². The zero-order valence-corrected chi connectivity index (χ0v) is 9.67. The highest BCUT2D eigenvalue weighted by Gasteiger charge is 2.15. The van der Waals surface area contributed by atoms with E-state index in [1.54, 1.807) is 0 Å². The summed E-state index contributed by atoms with van der Waals surface area (Å²) in [5.41, 5.74) is 5.67. The second-order valence-electron chi connectivity index (χ2n) is 3.87. The number of benzene rings is 2. The first-order chi connectivity index (χ1) is 8.99. The van der Waals surface area contributed by atoms with Gasteiger partial charge in [-0.05, 0) is 36.4 Å². The van der Waals surface area contributed by atoms with Gasteiger partial charge in [0.2, 0.25) is 0 Å². The summed E-state index contributed by atoms with van der Waals surface area (Å²) in [7, 11) is 0. The summed E-state index contributed by atoms with van der Waals surface area (Å²) in [6.07, 6.45) is 0. The van der Waals surface area contributed by atoms with Gasteiger partial charge in [-0.15, -0.1) is 0 Å².